The topological polar surface area (TPSA) is 62.1 Å². The van der Waals surface area contributed by atoms with Crippen molar-refractivity contribution in [2.75, 3.05) is 13.6 Å². The van der Waals surface area contributed by atoms with Gasteiger partial charge in [-0.15, -0.1) is 0 Å². The van der Waals surface area contributed by atoms with Crippen LogP contribution in [0.1, 0.15) is 12.5 Å². The van der Waals surface area contributed by atoms with Gasteiger partial charge in [0.25, 0.3) is 0 Å². The summed E-state index contributed by atoms with van der Waals surface area (Å²) in [5, 5.41) is 0. The third-order valence-corrected chi connectivity index (χ3v) is 2.23. The first-order valence-corrected chi connectivity index (χ1v) is 4.72. The SMILES string of the molecule is CC(CN)C(=O)N(C)Cc1cc[nH]c1. The van der Waals surface area contributed by atoms with E-state index in [1.807, 2.05) is 25.4 Å². The number of H-pyrrole nitrogens is 1. The van der Waals surface area contributed by atoms with Crippen LogP contribution in [0.2, 0.25) is 0 Å². The van der Waals surface area contributed by atoms with Crippen molar-refractivity contribution < 1.29 is 4.79 Å². The number of aromatic nitrogens is 1. The third kappa shape index (κ3) is 2.60. The van der Waals surface area contributed by atoms with Gasteiger partial charge >= 0.3 is 0 Å². The van der Waals surface area contributed by atoms with Gasteiger partial charge in [0.05, 0.1) is 0 Å². The summed E-state index contributed by atoms with van der Waals surface area (Å²) in [4.78, 5) is 16.3. The lowest BCUT2D eigenvalue weighted by atomic mass is 10.1. The second-order valence-electron chi connectivity index (χ2n) is 3.55. The average Bonchev–Trinajstić information content (AvgIpc) is 2.68. The Hall–Kier alpha value is -1.29. The van der Waals surface area contributed by atoms with Gasteiger partial charge in [-0.05, 0) is 11.6 Å². The normalized spacial score (nSPS) is 12.5. The van der Waals surface area contributed by atoms with E-state index in [4.69, 9.17) is 5.73 Å². The van der Waals surface area contributed by atoms with E-state index < -0.39 is 0 Å². The zero-order valence-corrected chi connectivity index (χ0v) is 8.66. The summed E-state index contributed by atoms with van der Waals surface area (Å²) in [5.74, 6) is -0.00681. The molecule has 0 saturated carbocycles. The molecule has 0 spiro atoms. The van der Waals surface area contributed by atoms with E-state index in [2.05, 4.69) is 4.98 Å². The van der Waals surface area contributed by atoms with Crippen molar-refractivity contribution >= 4 is 5.91 Å². The quantitative estimate of drug-likeness (QED) is 0.737. The Kier molecular flexibility index (Phi) is 3.71. The fourth-order valence-electron chi connectivity index (χ4n) is 1.29. The largest absolute Gasteiger partial charge is 0.367 e. The van der Waals surface area contributed by atoms with Crippen LogP contribution >= 0.6 is 0 Å². The molecule has 0 radical (unpaired) electrons. The Labute approximate surface area is 84.1 Å². The van der Waals surface area contributed by atoms with Crippen LogP contribution in [0.15, 0.2) is 18.5 Å². The van der Waals surface area contributed by atoms with Crippen molar-refractivity contribution in [2.45, 2.75) is 13.5 Å². The number of rotatable bonds is 4. The Morgan fingerprint density at radius 3 is 2.93 bits per heavy atom. The van der Waals surface area contributed by atoms with Gasteiger partial charge in [0.2, 0.25) is 5.91 Å². The highest BCUT2D eigenvalue weighted by atomic mass is 16.2. The number of amides is 1. The second kappa shape index (κ2) is 4.81. The fourth-order valence-corrected chi connectivity index (χ4v) is 1.29. The standard InChI is InChI=1S/C10H17N3O/c1-8(5-11)10(14)13(2)7-9-3-4-12-6-9/h3-4,6,8,12H,5,7,11H2,1-2H3. The number of nitrogens with zero attached hydrogens (tertiary/aromatic N) is 1. The molecule has 4 heteroatoms. The van der Waals surface area contributed by atoms with Gasteiger partial charge in [-0.1, -0.05) is 6.92 Å². The summed E-state index contributed by atoms with van der Waals surface area (Å²) in [6.45, 7) is 2.87. The van der Waals surface area contributed by atoms with Gasteiger partial charge < -0.3 is 15.6 Å². The Balaban J connectivity index is 2.50. The molecule has 0 fully saturated rings. The van der Waals surface area contributed by atoms with Gasteiger partial charge in [-0.25, -0.2) is 0 Å². The molecular formula is C10H17N3O. The van der Waals surface area contributed by atoms with E-state index in [1.165, 1.54) is 0 Å². The summed E-state index contributed by atoms with van der Waals surface area (Å²) in [6.07, 6.45) is 3.73. The van der Waals surface area contributed by atoms with Crippen molar-refractivity contribution in [1.29, 1.82) is 0 Å². The van der Waals surface area contributed by atoms with Crippen molar-refractivity contribution in [3.8, 4) is 0 Å². The predicted molar refractivity (Wildman–Crippen MR) is 55.5 cm³/mol. The van der Waals surface area contributed by atoms with Crippen LogP contribution in [0, 0.1) is 5.92 Å². The van der Waals surface area contributed by atoms with Crippen LogP contribution in [-0.4, -0.2) is 29.4 Å². The van der Waals surface area contributed by atoms with E-state index in [0.717, 1.165) is 5.56 Å². The van der Waals surface area contributed by atoms with Crippen LogP contribution in [-0.2, 0) is 11.3 Å². The summed E-state index contributed by atoms with van der Waals surface area (Å²) < 4.78 is 0. The highest BCUT2D eigenvalue weighted by Gasteiger charge is 2.15. The molecule has 3 N–H and O–H groups in total. The van der Waals surface area contributed by atoms with Gasteiger partial charge in [-0.3, -0.25) is 4.79 Å². The zero-order valence-electron chi connectivity index (χ0n) is 8.66. The Bertz CT molecular complexity index is 282. The maximum absolute atomic E-state index is 11.6. The maximum atomic E-state index is 11.6. The highest BCUT2D eigenvalue weighted by Crippen LogP contribution is 2.05. The van der Waals surface area contributed by atoms with Crippen LogP contribution in [0.4, 0.5) is 0 Å². The van der Waals surface area contributed by atoms with E-state index in [0.29, 0.717) is 13.1 Å². The molecule has 0 aliphatic heterocycles. The van der Waals surface area contributed by atoms with Crippen LogP contribution in [0.25, 0.3) is 0 Å². The molecule has 78 valence electrons. The second-order valence-corrected chi connectivity index (χ2v) is 3.55. The van der Waals surface area contributed by atoms with Crippen molar-refractivity contribution in [3.05, 3.63) is 24.0 Å². The number of nitrogens with two attached hydrogens (primary N) is 1. The van der Waals surface area contributed by atoms with Gasteiger partial charge in [0, 0.05) is 38.4 Å². The van der Waals surface area contributed by atoms with Gasteiger partial charge in [-0.2, -0.15) is 0 Å². The molecular weight excluding hydrogens is 178 g/mol. The molecule has 1 aromatic rings. The number of nitrogens with one attached hydrogen (secondary N) is 1. The average molecular weight is 195 g/mol. The molecule has 0 aromatic carbocycles. The van der Waals surface area contributed by atoms with E-state index in [9.17, 15) is 4.79 Å². The molecule has 1 aromatic heterocycles. The lowest BCUT2D eigenvalue weighted by molar-refractivity contribution is -0.133. The third-order valence-electron chi connectivity index (χ3n) is 2.23. The van der Waals surface area contributed by atoms with E-state index >= 15 is 0 Å². The van der Waals surface area contributed by atoms with Crippen molar-refractivity contribution in [1.82, 2.24) is 9.88 Å². The Morgan fingerprint density at radius 1 is 1.71 bits per heavy atom. The minimum absolute atomic E-state index is 0.0914. The predicted octanol–water partition coefficient (Wildman–Crippen LogP) is 0.568. The molecule has 1 rings (SSSR count). The number of carbonyl (C=O) groups is 1. The lowest BCUT2D eigenvalue weighted by Gasteiger charge is -2.19. The maximum Gasteiger partial charge on any atom is 0.226 e. The molecule has 0 aliphatic rings. The van der Waals surface area contributed by atoms with Crippen LogP contribution < -0.4 is 5.73 Å². The number of aromatic amines is 1. The molecule has 14 heavy (non-hydrogen) atoms. The van der Waals surface area contributed by atoms with Crippen LogP contribution in [0.5, 0.6) is 0 Å². The first kappa shape index (κ1) is 10.8. The Morgan fingerprint density at radius 2 is 2.43 bits per heavy atom. The van der Waals surface area contributed by atoms with E-state index in [1.54, 1.807) is 11.9 Å². The molecule has 0 bridgehead atoms. The molecule has 0 saturated heterocycles. The van der Waals surface area contributed by atoms with Gasteiger partial charge in [0.1, 0.15) is 0 Å². The summed E-state index contributed by atoms with van der Waals surface area (Å²) in [6, 6.07) is 1.96. The summed E-state index contributed by atoms with van der Waals surface area (Å²) >= 11 is 0. The molecule has 1 atom stereocenters. The molecule has 4 nitrogen and oxygen atoms in total. The molecule has 1 heterocycles. The van der Waals surface area contributed by atoms with Crippen molar-refractivity contribution in [2.24, 2.45) is 11.7 Å². The minimum Gasteiger partial charge on any atom is -0.367 e. The highest BCUT2D eigenvalue weighted by molar-refractivity contribution is 5.78. The molecule has 0 aliphatic carbocycles. The zero-order chi connectivity index (χ0) is 10.6. The number of hydrogen-bond donors (Lipinski definition) is 2. The van der Waals surface area contributed by atoms with E-state index in [-0.39, 0.29) is 11.8 Å². The van der Waals surface area contributed by atoms with Gasteiger partial charge in [0.15, 0.2) is 0 Å². The smallest absolute Gasteiger partial charge is 0.226 e. The van der Waals surface area contributed by atoms with Crippen molar-refractivity contribution in [3.63, 3.8) is 0 Å². The first-order valence-electron chi connectivity index (χ1n) is 4.72. The molecule has 1 amide bonds. The summed E-state index contributed by atoms with van der Waals surface area (Å²) in [7, 11) is 1.79. The fraction of sp³-hybridized carbons (Fsp3) is 0.500. The first-order chi connectivity index (χ1) is 6.65. The lowest BCUT2D eigenvalue weighted by Crippen LogP contribution is -2.34. The minimum atomic E-state index is -0.0982. The summed E-state index contributed by atoms with van der Waals surface area (Å²) in [5.41, 5.74) is 6.53. The molecule has 1 unspecified atom stereocenters. The number of carbonyl (C=O) groups excluding carboxylic acids is 1. The monoisotopic (exact) mass is 195 g/mol. The van der Waals surface area contributed by atoms with Crippen LogP contribution in [0.3, 0.4) is 0 Å². The number of hydrogen-bond acceptors (Lipinski definition) is 2.